The van der Waals surface area contributed by atoms with Gasteiger partial charge in [0.25, 0.3) is 0 Å². The number of aryl methyl sites for hydroxylation is 1. The van der Waals surface area contributed by atoms with Gasteiger partial charge in [0.1, 0.15) is 5.82 Å². The van der Waals surface area contributed by atoms with E-state index in [9.17, 15) is 0 Å². The quantitative estimate of drug-likeness (QED) is 0.409. The number of allylic oxidation sites excluding steroid dienone is 1. The maximum Gasteiger partial charge on any atom is 0.175 e. The van der Waals surface area contributed by atoms with E-state index in [0.717, 1.165) is 52.6 Å². The Bertz CT molecular complexity index is 1100. The normalized spacial score (nSPS) is 11.9. The Hall–Kier alpha value is -2.84. The van der Waals surface area contributed by atoms with E-state index in [1.54, 1.807) is 11.3 Å². The average Bonchev–Trinajstić information content (AvgIpc) is 3.51. The molecule has 0 aliphatic carbocycles. The summed E-state index contributed by atoms with van der Waals surface area (Å²) in [5.74, 6) is 1.68. The van der Waals surface area contributed by atoms with Crippen molar-refractivity contribution >= 4 is 34.6 Å². The highest BCUT2D eigenvalue weighted by Crippen LogP contribution is 2.23. The summed E-state index contributed by atoms with van der Waals surface area (Å²) in [5.41, 5.74) is 5.81. The van der Waals surface area contributed by atoms with Crippen molar-refractivity contribution in [2.75, 3.05) is 0 Å². The van der Waals surface area contributed by atoms with E-state index < -0.39 is 0 Å². The number of nitrogens with zero attached hydrogens (tertiary/aromatic N) is 6. The Labute approximate surface area is 183 Å². The minimum absolute atomic E-state index is 0.627. The smallest absolute Gasteiger partial charge is 0.175 e. The second kappa shape index (κ2) is 9.77. The lowest BCUT2D eigenvalue weighted by atomic mass is 10.1. The fourth-order valence-electron chi connectivity index (χ4n) is 3.25. The molecular formula is C21H22ClN7S. The highest BCUT2D eigenvalue weighted by Gasteiger charge is 2.14. The van der Waals surface area contributed by atoms with Crippen LogP contribution in [0, 0.1) is 0 Å². The highest BCUT2D eigenvalue weighted by molar-refractivity contribution is 7.07. The van der Waals surface area contributed by atoms with E-state index in [-0.39, 0.29) is 0 Å². The molecule has 0 saturated carbocycles. The number of aromatic amines is 1. The number of thiazole rings is 1. The van der Waals surface area contributed by atoms with Crippen LogP contribution < -0.4 is 0 Å². The number of halogens is 1. The number of rotatable bonds is 9. The molecular weight excluding hydrogens is 418 g/mol. The van der Waals surface area contributed by atoms with Gasteiger partial charge in [0.15, 0.2) is 5.82 Å². The summed E-state index contributed by atoms with van der Waals surface area (Å²) < 4.78 is 2.22. The van der Waals surface area contributed by atoms with E-state index in [2.05, 4.69) is 49.2 Å². The molecule has 0 spiro atoms. The first-order valence-electron chi connectivity index (χ1n) is 9.84. The van der Waals surface area contributed by atoms with Gasteiger partial charge in [-0.05, 0) is 34.6 Å². The third-order valence-electron chi connectivity index (χ3n) is 4.84. The third-order valence-corrected chi connectivity index (χ3v) is 5.84. The highest BCUT2D eigenvalue weighted by atomic mass is 35.5. The van der Waals surface area contributed by atoms with Crippen molar-refractivity contribution in [2.24, 2.45) is 0 Å². The van der Waals surface area contributed by atoms with Crippen molar-refractivity contribution in [2.45, 2.75) is 39.2 Å². The van der Waals surface area contributed by atoms with Crippen molar-refractivity contribution in [3.05, 3.63) is 75.0 Å². The molecule has 0 atom stereocenters. The summed E-state index contributed by atoms with van der Waals surface area (Å²) in [6, 6.07) is 7.92. The van der Waals surface area contributed by atoms with Gasteiger partial charge >= 0.3 is 0 Å². The van der Waals surface area contributed by atoms with E-state index in [1.165, 1.54) is 0 Å². The number of nitrogens with one attached hydrogen (secondary N) is 1. The zero-order valence-electron chi connectivity index (χ0n) is 16.6. The SMILES string of the molecule is CCCCc1ncc(C=C(Cc2cscn2)c2nnn[nH]2)n1Cc1ccccc1Cl. The Morgan fingerprint density at radius 2 is 2.17 bits per heavy atom. The van der Waals surface area contributed by atoms with Crippen molar-refractivity contribution < 1.29 is 0 Å². The molecule has 7 nitrogen and oxygen atoms in total. The Kier molecular flexibility index (Phi) is 6.66. The maximum atomic E-state index is 6.44. The molecule has 1 N–H and O–H groups in total. The molecule has 0 bridgehead atoms. The number of H-pyrrole nitrogens is 1. The van der Waals surface area contributed by atoms with Crippen LogP contribution in [-0.4, -0.2) is 35.2 Å². The first-order valence-corrected chi connectivity index (χ1v) is 11.2. The van der Waals surface area contributed by atoms with Crippen molar-refractivity contribution in [3.8, 4) is 0 Å². The predicted molar refractivity (Wildman–Crippen MR) is 119 cm³/mol. The molecule has 30 heavy (non-hydrogen) atoms. The van der Waals surface area contributed by atoms with E-state index in [1.807, 2.05) is 35.3 Å². The molecule has 0 radical (unpaired) electrons. The van der Waals surface area contributed by atoms with Gasteiger partial charge in [0.05, 0.1) is 29.6 Å². The first kappa shape index (κ1) is 20.4. The lowest BCUT2D eigenvalue weighted by Crippen LogP contribution is -2.08. The van der Waals surface area contributed by atoms with Crippen LogP contribution in [0.2, 0.25) is 5.02 Å². The summed E-state index contributed by atoms with van der Waals surface area (Å²) in [5, 5.41) is 17.3. The largest absolute Gasteiger partial charge is 0.324 e. The maximum absolute atomic E-state index is 6.44. The molecule has 3 heterocycles. The predicted octanol–water partition coefficient (Wildman–Crippen LogP) is 4.68. The summed E-state index contributed by atoms with van der Waals surface area (Å²) in [4.78, 5) is 9.12. The van der Waals surface area contributed by atoms with Crippen LogP contribution >= 0.6 is 22.9 Å². The molecule has 0 aliphatic heterocycles. The first-order chi connectivity index (χ1) is 14.7. The van der Waals surface area contributed by atoms with Gasteiger partial charge in [-0.25, -0.2) is 15.1 Å². The van der Waals surface area contributed by atoms with Crippen molar-refractivity contribution in [3.63, 3.8) is 0 Å². The lowest BCUT2D eigenvalue weighted by Gasteiger charge is -2.12. The molecule has 4 rings (SSSR count). The van der Waals surface area contributed by atoms with E-state index in [0.29, 0.717) is 18.8 Å². The lowest BCUT2D eigenvalue weighted by molar-refractivity contribution is 0.675. The molecule has 0 unspecified atom stereocenters. The van der Waals surface area contributed by atoms with Crippen LogP contribution in [-0.2, 0) is 19.4 Å². The number of hydrogen-bond donors (Lipinski definition) is 1. The third kappa shape index (κ3) is 4.83. The molecule has 0 amide bonds. The van der Waals surface area contributed by atoms with E-state index >= 15 is 0 Å². The number of imidazole rings is 1. The summed E-state index contributed by atoms with van der Waals surface area (Å²) >= 11 is 8.02. The number of tetrazole rings is 1. The molecule has 0 aliphatic rings. The second-order valence-corrected chi connectivity index (χ2v) is 8.08. The fourth-order valence-corrected chi connectivity index (χ4v) is 4.01. The molecule has 1 aromatic carbocycles. The standard InChI is InChI=1S/C21H22ClN7S/c1-2-3-8-20-23-11-18(29(20)12-15-6-4-5-7-19(15)22)10-16(21-25-27-28-26-21)9-17-13-30-14-24-17/h4-7,10-11,13-14H,2-3,8-9,12H2,1H3,(H,25,26,27,28). The average molecular weight is 440 g/mol. The Morgan fingerprint density at radius 1 is 1.27 bits per heavy atom. The van der Waals surface area contributed by atoms with Gasteiger partial charge in [-0.1, -0.05) is 43.1 Å². The van der Waals surface area contributed by atoms with Gasteiger partial charge in [-0.2, -0.15) is 0 Å². The topological polar surface area (TPSA) is 85.2 Å². The van der Waals surface area contributed by atoms with Gasteiger partial charge in [0, 0.05) is 28.8 Å². The van der Waals surface area contributed by atoms with Gasteiger partial charge in [0.2, 0.25) is 0 Å². The molecule has 0 fully saturated rings. The fraction of sp³-hybridized carbons (Fsp3) is 0.286. The number of unbranched alkanes of at least 4 members (excludes halogenated alkanes) is 1. The number of benzene rings is 1. The molecule has 9 heteroatoms. The molecule has 4 aromatic rings. The van der Waals surface area contributed by atoms with Gasteiger partial charge in [-0.15, -0.1) is 16.4 Å². The second-order valence-electron chi connectivity index (χ2n) is 6.96. The Balaban J connectivity index is 1.74. The van der Waals surface area contributed by atoms with Crippen LogP contribution in [0.25, 0.3) is 11.6 Å². The van der Waals surface area contributed by atoms with E-state index in [4.69, 9.17) is 16.6 Å². The molecule has 154 valence electrons. The number of hydrogen-bond acceptors (Lipinski definition) is 6. The minimum atomic E-state index is 0.627. The van der Waals surface area contributed by atoms with Crippen LogP contribution in [0.4, 0.5) is 0 Å². The van der Waals surface area contributed by atoms with Crippen LogP contribution in [0.3, 0.4) is 0 Å². The van der Waals surface area contributed by atoms with Crippen LogP contribution in [0.5, 0.6) is 0 Å². The Morgan fingerprint density at radius 3 is 2.90 bits per heavy atom. The molecule has 3 aromatic heterocycles. The summed E-state index contributed by atoms with van der Waals surface area (Å²) in [7, 11) is 0. The zero-order chi connectivity index (χ0) is 20.8. The van der Waals surface area contributed by atoms with Gasteiger partial charge < -0.3 is 4.57 Å². The summed E-state index contributed by atoms with van der Waals surface area (Å²) in [6.45, 7) is 2.84. The molecule has 0 saturated heterocycles. The van der Waals surface area contributed by atoms with Crippen molar-refractivity contribution in [1.82, 2.24) is 35.2 Å². The minimum Gasteiger partial charge on any atom is -0.324 e. The van der Waals surface area contributed by atoms with Crippen molar-refractivity contribution in [1.29, 1.82) is 0 Å². The zero-order valence-corrected chi connectivity index (χ0v) is 18.2. The van der Waals surface area contributed by atoms with Gasteiger partial charge in [-0.3, -0.25) is 0 Å². The summed E-state index contributed by atoms with van der Waals surface area (Å²) in [6.07, 6.45) is 7.73. The monoisotopic (exact) mass is 439 g/mol. The number of aromatic nitrogens is 7. The van der Waals surface area contributed by atoms with Crippen LogP contribution in [0.15, 0.2) is 41.4 Å². The van der Waals surface area contributed by atoms with Crippen LogP contribution in [0.1, 0.15) is 48.4 Å².